The summed E-state index contributed by atoms with van der Waals surface area (Å²) in [5.41, 5.74) is 0.772. The molecule has 0 spiro atoms. The van der Waals surface area contributed by atoms with Gasteiger partial charge in [-0.15, -0.1) is 0 Å². The number of carbonyl (C=O) groups is 2. The zero-order valence-corrected chi connectivity index (χ0v) is 14.4. The van der Waals surface area contributed by atoms with E-state index in [2.05, 4.69) is 21.2 Å². The van der Waals surface area contributed by atoms with Gasteiger partial charge in [-0.25, -0.2) is 9.18 Å². The number of hydrogen-bond donors (Lipinski definition) is 1. The Morgan fingerprint density at radius 2 is 1.96 bits per heavy atom. The van der Waals surface area contributed by atoms with E-state index in [1.54, 1.807) is 31.2 Å². The number of benzene rings is 2. The molecule has 0 fully saturated rings. The van der Waals surface area contributed by atoms with Gasteiger partial charge in [0.25, 0.3) is 5.91 Å². The largest absolute Gasteiger partial charge is 0.482 e. The van der Waals surface area contributed by atoms with Gasteiger partial charge < -0.3 is 14.8 Å². The molecule has 0 aliphatic rings. The highest BCUT2D eigenvalue weighted by atomic mass is 79.9. The third-order valence-corrected chi connectivity index (χ3v) is 3.41. The summed E-state index contributed by atoms with van der Waals surface area (Å²) in [6.45, 7) is 0.887. The first-order chi connectivity index (χ1) is 11.4. The molecule has 0 aromatic heterocycles. The van der Waals surface area contributed by atoms with E-state index in [1.807, 2.05) is 6.07 Å². The lowest BCUT2D eigenvalue weighted by atomic mass is 10.2. The minimum absolute atomic E-state index is 0.0343. The van der Waals surface area contributed by atoms with Crippen molar-refractivity contribution in [1.82, 2.24) is 0 Å². The van der Waals surface area contributed by atoms with Gasteiger partial charge in [-0.2, -0.15) is 0 Å². The Hall–Kier alpha value is -2.41. The molecule has 0 unspecified atom stereocenters. The third-order valence-electron chi connectivity index (χ3n) is 2.92. The molecule has 2 rings (SSSR count). The fourth-order valence-corrected chi connectivity index (χ4v) is 2.17. The van der Waals surface area contributed by atoms with Crippen molar-refractivity contribution >= 4 is 33.5 Å². The standard InChI is InChI=1S/C17H15BrFNO4/c1-11-5-6-15(14(19)7-11)20-16(21)9-24-17(22)10-23-13-4-2-3-12(18)8-13/h2-8H,9-10H2,1H3,(H,20,21). The van der Waals surface area contributed by atoms with Gasteiger partial charge in [-0.05, 0) is 42.8 Å². The molecular weight excluding hydrogens is 381 g/mol. The topological polar surface area (TPSA) is 64.6 Å². The zero-order chi connectivity index (χ0) is 17.5. The Morgan fingerprint density at radius 1 is 1.17 bits per heavy atom. The summed E-state index contributed by atoms with van der Waals surface area (Å²) in [6.07, 6.45) is 0. The summed E-state index contributed by atoms with van der Waals surface area (Å²) < 4.78 is 24.4. The first kappa shape index (κ1) is 17.9. The van der Waals surface area contributed by atoms with E-state index < -0.39 is 24.3 Å². The van der Waals surface area contributed by atoms with E-state index >= 15 is 0 Å². The molecule has 0 aliphatic heterocycles. The van der Waals surface area contributed by atoms with E-state index in [4.69, 9.17) is 9.47 Å². The molecule has 5 nitrogen and oxygen atoms in total. The molecule has 1 amide bonds. The summed E-state index contributed by atoms with van der Waals surface area (Å²) in [6, 6.07) is 11.4. The highest BCUT2D eigenvalue weighted by molar-refractivity contribution is 9.10. The Bertz CT molecular complexity index is 751. The SMILES string of the molecule is Cc1ccc(NC(=O)COC(=O)COc2cccc(Br)c2)c(F)c1. The second-order valence-corrected chi connectivity index (χ2v) is 5.85. The van der Waals surface area contributed by atoms with Crippen molar-refractivity contribution in [2.75, 3.05) is 18.5 Å². The van der Waals surface area contributed by atoms with Gasteiger partial charge in [0.2, 0.25) is 0 Å². The summed E-state index contributed by atoms with van der Waals surface area (Å²) >= 11 is 3.28. The molecule has 0 saturated carbocycles. The lowest BCUT2D eigenvalue weighted by molar-refractivity contribution is -0.149. The van der Waals surface area contributed by atoms with Crippen molar-refractivity contribution in [2.45, 2.75) is 6.92 Å². The number of anilines is 1. The molecule has 1 N–H and O–H groups in total. The molecule has 0 aliphatic carbocycles. The normalized spacial score (nSPS) is 10.1. The van der Waals surface area contributed by atoms with E-state index in [9.17, 15) is 14.0 Å². The quantitative estimate of drug-likeness (QED) is 0.760. The van der Waals surface area contributed by atoms with Crippen LogP contribution in [0.25, 0.3) is 0 Å². The Kier molecular flexibility index (Phi) is 6.31. The molecule has 0 heterocycles. The maximum absolute atomic E-state index is 13.6. The molecule has 126 valence electrons. The summed E-state index contributed by atoms with van der Waals surface area (Å²) in [5.74, 6) is -1.39. The zero-order valence-electron chi connectivity index (χ0n) is 12.8. The molecule has 2 aromatic rings. The monoisotopic (exact) mass is 395 g/mol. The number of hydrogen-bond acceptors (Lipinski definition) is 4. The van der Waals surface area contributed by atoms with Gasteiger partial charge in [0.1, 0.15) is 11.6 Å². The van der Waals surface area contributed by atoms with Crippen LogP contribution in [0.1, 0.15) is 5.56 Å². The lowest BCUT2D eigenvalue weighted by Crippen LogP contribution is -2.24. The molecular formula is C17H15BrFNO4. The van der Waals surface area contributed by atoms with Crippen LogP contribution in [0, 0.1) is 12.7 Å². The number of amides is 1. The molecule has 24 heavy (non-hydrogen) atoms. The number of aryl methyl sites for hydroxylation is 1. The summed E-state index contributed by atoms with van der Waals surface area (Å²) in [5, 5.41) is 2.34. The number of rotatable bonds is 6. The third kappa shape index (κ3) is 5.66. The van der Waals surface area contributed by atoms with Crippen molar-refractivity contribution in [2.24, 2.45) is 0 Å². The fraction of sp³-hybridized carbons (Fsp3) is 0.176. The van der Waals surface area contributed by atoms with Crippen LogP contribution < -0.4 is 10.1 Å². The molecule has 0 bridgehead atoms. The molecule has 0 saturated heterocycles. The Morgan fingerprint density at radius 3 is 2.67 bits per heavy atom. The number of esters is 1. The minimum atomic E-state index is -0.700. The van der Waals surface area contributed by atoms with E-state index in [0.717, 1.165) is 10.0 Å². The Balaban J connectivity index is 1.75. The predicted molar refractivity (Wildman–Crippen MR) is 90.4 cm³/mol. The number of nitrogens with one attached hydrogen (secondary N) is 1. The van der Waals surface area contributed by atoms with Gasteiger partial charge in [0, 0.05) is 4.47 Å². The maximum Gasteiger partial charge on any atom is 0.344 e. The van der Waals surface area contributed by atoms with Crippen LogP contribution in [0.2, 0.25) is 0 Å². The first-order valence-electron chi connectivity index (χ1n) is 7.04. The van der Waals surface area contributed by atoms with Crippen LogP contribution in [0.15, 0.2) is 46.9 Å². The highest BCUT2D eigenvalue weighted by Gasteiger charge is 2.11. The summed E-state index contributed by atoms with van der Waals surface area (Å²) in [7, 11) is 0. The van der Waals surface area contributed by atoms with Gasteiger partial charge in [0.05, 0.1) is 5.69 Å². The van der Waals surface area contributed by atoms with Gasteiger partial charge in [-0.1, -0.05) is 28.1 Å². The van der Waals surface area contributed by atoms with Crippen molar-refractivity contribution in [3.8, 4) is 5.75 Å². The summed E-state index contributed by atoms with van der Waals surface area (Å²) in [4.78, 5) is 23.2. The minimum Gasteiger partial charge on any atom is -0.482 e. The van der Waals surface area contributed by atoms with E-state index in [0.29, 0.717) is 5.75 Å². The van der Waals surface area contributed by atoms with Crippen LogP contribution >= 0.6 is 15.9 Å². The lowest BCUT2D eigenvalue weighted by Gasteiger charge is -2.09. The number of ether oxygens (including phenoxy) is 2. The maximum atomic E-state index is 13.6. The van der Waals surface area contributed by atoms with Gasteiger partial charge in [0.15, 0.2) is 13.2 Å². The van der Waals surface area contributed by atoms with Crippen molar-refractivity contribution in [1.29, 1.82) is 0 Å². The number of carbonyl (C=O) groups excluding carboxylic acids is 2. The average molecular weight is 396 g/mol. The van der Waals surface area contributed by atoms with Gasteiger partial charge in [-0.3, -0.25) is 4.79 Å². The smallest absolute Gasteiger partial charge is 0.344 e. The number of halogens is 2. The van der Waals surface area contributed by atoms with Gasteiger partial charge >= 0.3 is 5.97 Å². The Labute approximate surface area is 146 Å². The van der Waals surface area contributed by atoms with E-state index in [1.165, 1.54) is 12.1 Å². The van der Waals surface area contributed by atoms with Crippen LogP contribution in [0.4, 0.5) is 10.1 Å². The highest BCUT2D eigenvalue weighted by Crippen LogP contribution is 2.17. The van der Waals surface area contributed by atoms with E-state index in [-0.39, 0.29) is 12.3 Å². The van der Waals surface area contributed by atoms with Crippen LogP contribution in [0.5, 0.6) is 5.75 Å². The molecule has 0 radical (unpaired) electrons. The molecule has 7 heteroatoms. The second-order valence-electron chi connectivity index (χ2n) is 4.94. The average Bonchev–Trinajstić information content (AvgIpc) is 2.54. The molecule has 0 atom stereocenters. The second kappa shape index (κ2) is 8.44. The predicted octanol–water partition coefficient (Wildman–Crippen LogP) is 3.46. The van der Waals surface area contributed by atoms with Crippen molar-refractivity contribution in [3.63, 3.8) is 0 Å². The first-order valence-corrected chi connectivity index (χ1v) is 7.83. The van der Waals surface area contributed by atoms with Crippen molar-refractivity contribution < 1.29 is 23.5 Å². The fourth-order valence-electron chi connectivity index (χ4n) is 1.79. The van der Waals surface area contributed by atoms with Crippen LogP contribution in [0.3, 0.4) is 0 Å². The molecule has 2 aromatic carbocycles. The van der Waals surface area contributed by atoms with Crippen LogP contribution in [-0.4, -0.2) is 25.1 Å². The van der Waals surface area contributed by atoms with Crippen molar-refractivity contribution in [3.05, 3.63) is 58.3 Å². The van der Waals surface area contributed by atoms with Crippen LogP contribution in [-0.2, 0) is 14.3 Å².